The monoisotopic (exact) mass is 600 g/mol. The number of fused-ring (bicyclic) bond motifs is 2. The molecular weight excluding hydrogens is 572 g/mol. The minimum absolute atomic E-state index is 0.0116. The van der Waals surface area contributed by atoms with Crippen LogP contribution in [0.25, 0.3) is 22.1 Å². The summed E-state index contributed by atoms with van der Waals surface area (Å²) in [7, 11) is 1.56. The van der Waals surface area contributed by atoms with Gasteiger partial charge in [0.25, 0.3) is 11.5 Å². The summed E-state index contributed by atoms with van der Waals surface area (Å²) in [5.74, 6) is -0.120. The molecule has 2 atom stereocenters. The van der Waals surface area contributed by atoms with Crippen LogP contribution in [0.3, 0.4) is 0 Å². The third-order valence-electron chi connectivity index (χ3n) is 8.13. The number of aromatic amines is 1. The Hall–Kier alpha value is -4.90. The molecule has 2 unspecified atom stereocenters. The molecule has 0 spiro atoms. The van der Waals surface area contributed by atoms with Crippen molar-refractivity contribution in [2.75, 3.05) is 19.5 Å². The summed E-state index contributed by atoms with van der Waals surface area (Å²) in [6.07, 6.45) is 2.99. The molecule has 3 heterocycles. The standard InChI is InChI=1S/C31H29ClN6O5/c1-16-19(6-10-24(16)37-15-34-27-28(37)35-31(33)36-29(27)40)14-43-26(39)13-22-17(2)38(25-11-9-21(42-3)12-23(22)25)30(41)18-4-7-20(32)8-5-18/h4-5,7-9,11-12,15,19,24H,1,6,10,13-14H2,2-3H3,(H3,33,35,36,40). The Labute approximate surface area is 250 Å². The summed E-state index contributed by atoms with van der Waals surface area (Å²) in [5.41, 5.74) is 9.26. The van der Waals surface area contributed by atoms with Gasteiger partial charge in [-0.25, -0.2) is 4.98 Å². The fourth-order valence-electron chi connectivity index (χ4n) is 5.87. The first-order valence-corrected chi connectivity index (χ1v) is 14.1. The first-order valence-electron chi connectivity index (χ1n) is 13.7. The van der Waals surface area contributed by atoms with Crippen LogP contribution in [0.4, 0.5) is 5.95 Å². The normalized spacial score (nSPS) is 16.7. The average Bonchev–Trinajstić information content (AvgIpc) is 3.65. The van der Waals surface area contributed by atoms with Gasteiger partial charge in [-0.2, -0.15) is 4.98 Å². The molecule has 3 N–H and O–H groups in total. The van der Waals surface area contributed by atoms with Crippen LogP contribution in [-0.4, -0.2) is 49.7 Å². The number of H-pyrrole nitrogens is 1. The third kappa shape index (κ3) is 5.05. The van der Waals surface area contributed by atoms with E-state index in [9.17, 15) is 14.4 Å². The number of nitrogens with one attached hydrogen (secondary N) is 1. The molecular formula is C31H29ClN6O5. The zero-order valence-corrected chi connectivity index (χ0v) is 24.4. The van der Waals surface area contributed by atoms with Crippen molar-refractivity contribution in [1.82, 2.24) is 24.1 Å². The molecule has 2 aromatic carbocycles. The highest BCUT2D eigenvalue weighted by molar-refractivity contribution is 6.30. The molecule has 43 heavy (non-hydrogen) atoms. The van der Waals surface area contributed by atoms with Crippen molar-refractivity contribution in [3.8, 4) is 5.75 Å². The Morgan fingerprint density at radius 3 is 2.70 bits per heavy atom. The molecule has 11 nitrogen and oxygen atoms in total. The van der Waals surface area contributed by atoms with Crippen molar-refractivity contribution in [2.24, 2.45) is 5.92 Å². The SMILES string of the molecule is C=C1C(COC(=O)Cc2c(C)n(C(=O)c3ccc(Cl)cc3)c3ccc(OC)cc23)CCC1n1cnc2c(=O)[nH]c(N)nc21. The van der Waals surface area contributed by atoms with Gasteiger partial charge >= 0.3 is 5.97 Å². The molecule has 12 heteroatoms. The molecule has 0 saturated heterocycles. The summed E-state index contributed by atoms with van der Waals surface area (Å²) in [4.78, 5) is 49.9. The number of carbonyl (C=O) groups excluding carboxylic acids is 2. The van der Waals surface area contributed by atoms with Crippen molar-refractivity contribution in [1.29, 1.82) is 0 Å². The van der Waals surface area contributed by atoms with E-state index >= 15 is 0 Å². The van der Waals surface area contributed by atoms with Gasteiger partial charge in [0, 0.05) is 27.6 Å². The molecule has 5 aromatic rings. The number of halogens is 1. The van der Waals surface area contributed by atoms with E-state index in [1.807, 2.05) is 19.1 Å². The zero-order chi connectivity index (χ0) is 30.4. The first kappa shape index (κ1) is 28.2. The maximum absolute atomic E-state index is 13.6. The van der Waals surface area contributed by atoms with E-state index < -0.39 is 11.5 Å². The number of carbonyl (C=O) groups is 2. The highest BCUT2D eigenvalue weighted by Gasteiger charge is 2.33. The topological polar surface area (TPSA) is 147 Å². The van der Waals surface area contributed by atoms with E-state index in [2.05, 4.69) is 21.5 Å². The number of imidazole rings is 1. The van der Waals surface area contributed by atoms with E-state index in [-0.39, 0.29) is 42.4 Å². The number of benzene rings is 2. The van der Waals surface area contributed by atoms with Crippen molar-refractivity contribution in [3.05, 3.63) is 93.1 Å². The molecule has 0 aliphatic heterocycles. The number of hydrogen-bond acceptors (Lipinski definition) is 8. The molecule has 1 saturated carbocycles. The lowest BCUT2D eigenvalue weighted by molar-refractivity contribution is -0.143. The van der Waals surface area contributed by atoms with Gasteiger partial charge in [0.15, 0.2) is 11.2 Å². The Morgan fingerprint density at radius 2 is 1.95 bits per heavy atom. The summed E-state index contributed by atoms with van der Waals surface area (Å²) >= 11 is 6.02. The number of aromatic nitrogens is 5. The van der Waals surface area contributed by atoms with Gasteiger partial charge in [-0.05, 0) is 73.4 Å². The summed E-state index contributed by atoms with van der Waals surface area (Å²) < 4.78 is 14.6. The molecule has 0 amide bonds. The van der Waals surface area contributed by atoms with E-state index in [0.29, 0.717) is 38.8 Å². The second-order valence-corrected chi connectivity index (χ2v) is 11.0. The Balaban J connectivity index is 1.21. The second-order valence-electron chi connectivity index (χ2n) is 10.6. The van der Waals surface area contributed by atoms with Crippen LogP contribution < -0.4 is 16.0 Å². The van der Waals surface area contributed by atoms with Gasteiger partial charge < -0.3 is 19.8 Å². The summed E-state index contributed by atoms with van der Waals surface area (Å²) in [5, 5.41) is 1.26. The average molecular weight is 601 g/mol. The van der Waals surface area contributed by atoms with Gasteiger partial charge in [-0.15, -0.1) is 0 Å². The summed E-state index contributed by atoms with van der Waals surface area (Å²) in [6.45, 7) is 6.24. The molecule has 1 aliphatic carbocycles. The molecule has 0 bridgehead atoms. The van der Waals surface area contributed by atoms with E-state index in [0.717, 1.165) is 23.8 Å². The second kappa shape index (κ2) is 11.1. The number of methoxy groups -OCH3 is 1. The number of nitrogens with zero attached hydrogens (tertiary/aromatic N) is 4. The fraction of sp³-hybridized carbons (Fsp3) is 0.258. The fourth-order valence-corrected chi connectivity index (χ4v) is 5.99. The van der Waals surface area contributed by atoms with Crippen LogP contribution in [0.1, 0.15) is 40.5 Å². The quantitative estimate of drug-likeness (QED) is 0.203. The van der Waals surface area contributed by atoms with Crippen LogP contribution in [0, 0.1) is 12.8 Å². The zero-order valence-electron chi connectivity index (χ0n) is 23.6. The van der Waals surface area contributed by atoms with Crippen LogP contribution in [0.2, 0.25) is 5.02 Å². The Bertz CT molecular complexity index is 1970. The lowest BCUT2D eigenvalue weighted by Gasteiger charge is -2.17. The van der Waals surface area contributed by atoms with Crippen molar-refractivity contribution in [3.63, 3.8) is 0 Å². The molecule has 6 rings (SSSR count). The van der Waals surface area contributed by atoms with Gasteiger partial charge in [-0.1, -0.05) is 18.2 Å². The number of ether oxygens (including phenoxy) is 2. The van der Waals surface area contributed by atoms with E-state index in [1.165, 1.54) is 0 Å². The highest BCUT2D eigenvalue weighted by Crippen LogP contribution is 2.40. The predicted molar refractivity (Wildman–Crippen MR) is 163 cm³/mol. The smallest absolute Gasteiger partial charge is 0.310 e. The lowest BCUT2D eigenvalue weighted by atomic mass is 10.0. The number of nitrogens with two attached hydrogens (primary N) is 1. The molecule has 0 radical (unpaired) electrons. The van der Waals surface area contributed by atoms with Gasteiger partial charge in [0.05, 0.1) is 38.0 Å². The largest absolute Gasteiger partial charge is 0.497 e. The number of rotatable bonds is 7. The van der Waals surface area contributed by atoms with Gasteiger partial charge in [-0.3, -0.25) is 23.9 Å². The van der Waals surface area contributed by atoms with Crippen LogP contribution in [0.5, 0.6) is 5.75 Å². The van der Waals surface area contributed by atoms with Crippen molar-refractivity contribution >= 4 is 51.5 Å². The maximum atomic E-state index is 13.6. The Kier molecular flexibility index (Phi) is 7.26. The minimum Gasteiger partial charge on any atom is -0.497 e. The van der Waals surface area contributed by atoms with E-state index in [1.54, 1.807) is 52.9 Å². The van der Waals surface area contributed by atoms with Crippen molar-refractivity contribution in [2.45, 2.75) is 32.2 Å². The first-order chi connectivity index (χ1) is 20.7. The number of nitrogen functional groups attached to an aromatic ring is 1. The van der Waals surface area contributed by atoms with Crippen molar-refractivity contribution < 1.29 is 19.1 Å². The predicted octanol–water partition coefficient (Wildman–Crippen LogP) is 4.61. The Morgan fingerprint density at radius 1 is 1.19 bits per heavy atom. The minimum atomic E-state index is -0.422. The van der Waals surface area contributed by atoms with Gasteiger partial charge in [0.1, 0.15) is 5.75 Å². The molecule has 3 aromatic heterocycles. The van der Waals surface area contributed by atoms with Crippen LogP contribution in [-0.2, 0) is 16.0 Å². The van der Waals surface area contributed by atoms with Gasteiger partial charge in [0.2, 0.25) is 5.95 Å². The molecule has 220 valence electrons. The molecule has 1 aliphatic rings. The third-order valence-corrected chi connectivity index (χ3v) is 8.38. The van der Waals surface area contributed by atoms with E-state index in [4.69, 9.17) is 26.8 Å². The molecule has 1 fully saturated rings. The maximum Gasteiger partial charge on any atom is 0.310 e. The highest BCUT2D eigenvalue weighted by atomic mass is 35.5. The van der Waals surface area contributed by atoms with Crippen LogP contribution in [0.15, 0.2) is 65.7 Å². The lowest BCUT2D eigenvalue weighted by Crippen LogP contribution is -2.17. The summed E-state index contributed by atoms with van der Waals surface area (Å²) in [6, 6.07) is 11.9. The number of esters is 1. The number of anilines is 1. The number of hydrogen-bond donors (Lipinski definition) is 2. The van der Waals surface area contributed by atoms with Crippen LogP contribution >= 0.6 is 11.6 Å².